The zero-order chi connectivity index (χ0) is 37.2. The molecule has 1 aliphatic carbocycles. The van der Waals surface area contributed by atoms with Crippen LogP contribution in [0.4, 0.5) is 0 Å². The molecule has 0 bridgehead atoms. The summed E-state index contributed by atoms with van der Waals surface area (Å²) >= 11 is 3.68. The summed E-state index contributed by atoms with van der Waals surface area (Å²) in [6, 6.07) is 63.9. The molecule has 1 aliphatic rings. The molecule has 0 N–H and O–H groups in total. The first-order valence-electron chi connectivity index (χ1n) is 19.2. The highest BCUT2D eigenvalue weighted by Gasteiger charge is 2.26. The summed E-state index contributed by atoms with van der Waals surface area (Å²) in [4.78, 5) is 12.3. The summed E-state index contributed by atoms with van der Waals surface area (Å²) < 4.78 is 5.90. The zero-order valence-corrected chi connectivity index (χ0v) is 32.0. The van der Waals surface area contributed by atoms with Crippen LogP contribution in [0, 0.1) is 0 Å². The van der Waals surface area contributed by atoms with Gasteiger partial charge in [0, 0.05) is 52.5 Å². The molecule has 0 radical (unpaired) electrons. The van der Waals surface area contributed by atoms with E-state index in [-0.39, 0.29) is 0 Å². The van der Waals surface area contributed by atoms with Gasteiger partial charge in [0.2, 0.25) is 5.95 Å². The van der Waals surface area contributed by atoms with Crippen LogP contribution < -0.4 is 0 Å². The molecule has 0 amide bonds. The summed E-state index contributed by atoms with van der Waals surface area (Å²) in [7, 11) is 0. The number of rotatable bonds is 4. The Morgan fingerprint density at radius 2 is 1.09 bits per heavy atom. The van der Waals surface area contributed by atoms with E-state index in [9.17, 15) is 0 Å². The molecule has 264 valence electrons. The van der Waals surface area contributed by atoms with Gasteiger partial charge in [-0.1, -0.05) is 133 Å². The van der Waals surface area contributed by atoms with Crippen molar-refractivity contribution in [3.8, 4) is 61.0 Å². The van der Waals surface area contributed by atoms with E-state index in [1.54, 1.807) is 11.3 Å². The van der Waals surface area contributed by atoms with Crippen molar-refractivity contribution in [2.75, 3.05) is 0 Å². The van der Waals surface area contributed by atoms with E-state index >= 15 is 0 Å². The lowest BCUT2D eigenvalue weighted by atomic mass is 9.98. The molecule has 0 unspecified atom stereocenters. The lowest BCUT2D eigenvalue weighted by Gasteiger charge is -2.11. The quantitative estimate of drug-likeness (QED) is 0.179. The summed E-state index contributed by atoms with van der Waals surface area (Å²) in [5, 5.41) is 7.53. The summed E-state index contributed by atoms with van der Waals surface area (Å²) in [5.74, 6) is 0.675. The van der Waals surface area contributed by atoms with Crippen molar-refractivity contribution < 1.29 is 0 Å². The maximum Gasteiger partial charge on any atom is 0.235 e. The molecule has 8 aromatic carbocycles. The minimum atomic E-state index is 0.675. The second-order valence-corrected chi connectivity index (χ2v) is 17.0. The van der Waals surface area contributed by atoms with Crippen LogP contribution in [0.25, 0.3) is 124 Å². The van der Waals surface area contributed by atoms with Gasteiger partial charge in [-0.3, -0.25) is 4.57 Å². The van der Waals surface area contributed by atoms with Crippen LogP contribution in [0.3, 0.4) is 0 Å². The van der Waals surface area contributed by atoms with E-state index in [4.69, 9.17) is 9.97 Å². The van der Waals surface area contributed by atoms with Gasteiger partial charge in [0.25, 0.3) is 0 Å². The zero-order valence-electron chi connectivity index (χ0n) is 30.4. The Bertz CT molecular complexity index is 3640. The average molecular weight is 760 g/mol. The topological polar surface area (TPSA) is 30.7 Å². The van der Waals surface area contributed by atoms with Gasteiger partial charge >= 0.3 is 0 Å². The van der Waals surface area contributed by atoms with Crippen LogP contribution >= 0.6 is 22.7 Å². The molecule has 57 heavy (non-hydrogen) atoms. The number of hydrogen-bond donors (Lipinski definition) is 0. The van der Waals surface area contributed by atoms with Gasteiger partial charge in [-0.2, -0.15) is 0 Å². The molecule has 0 saturated heterocycles. The molecule has 0 aliphatic heterocycles. The van der Waals surface area contributed by atoms with Gasteiger partial charge in [0.1, 0.15) is 0 Å². The van der Waals surface area contributed by atoms with Crippen LogP contribution in [0.1, 0.15) is 0 Å². The summed E-state index contributed by atoms with van der Waals surface area (Å²) in [5.41, 5.74) is 14.0. The van der Waals surface area contributed by atoms with Crippen molar-refractivity contribution in [1.29, 1.82) is 0 Å². The minimum absolute atomic E-state index is 0.675. The number of fused-ring (bicyclic) bond motifs is 11. The number of thiophene rings is 2. The van der Waals surface area contributed by atoms with Gasteiger partial charge < -0.3 is 0 Å². The van der Waals surface area contributed by atoms with E-state index in [0.29, 0.717) is 5.95 Å². The molecule has 4 heterocycles. The molecule has 12 aromatic rings. The third-order valence-electron chi connectivity index (χ3n) is 11.8. The predicted octanol–water partition coefficient (Wildman–Crippen LogP) is 15.0. The second kappa shape index (κ2) is 11.8. The van der Waals surface area contributed by atoms with Crippen molar-refractivity contribution in [1.82, 2.24) is 14.5 Å². The highest BCUT2D eigenvalue weighted by Crippen LogP contribution is 2.55. The molecule has 3 nitrogen and oxygen atoms in total. The fraction of sp³-hybridized carbons (Fsp3) is 0. The van der Waals surface area contributed by atoms with Crippen molar-refractivity contribution in [2.24, 2.45) is 0 Å². The third kappa shape index (κ3) is 4.52. The van der Waals surface area contributed by atoms with Crippen LogP contribution in [-0.2, 0) is 0 Å². The van der Waals surface area contributed by atoms with Crippen molar-refractivity contribution in [2.45, 2.75) is 0 Å². The minimum Gasteiger partial charge on any atom is -0.278 e. The van der Waals surface area contributed by atoms with E-state index in [1.165, 1.54) is 80.2 Å². The number of nitrogens with zero attached hydrogens (tertiary/aromatic N) is 3. The molecule has 0 saturated carbocycles. The SMILES string of the molecule is c1ccc(-c2cccc(-c3nc(-n4c5ccccc5c5cc(-c6ccc7sc8c(c7c6)-c6cccc7cccc-8c67)ccc54)nc4c3sc3ccccc34)c2)cc1. The van der Waals surface area contributed by atoms with Gasteiger partial charge in [-0.05, 0) is 81.1 Å². The predicted molar refractivity (Wildman–Crippen MR) is 243 cm³/mol. The fourth-order valence-corrected chi connectivity index (χ4v) is 11.6. The number of aromatic nitrogens is 3. The highest BCUT2D eigenvalue weighted by atomic mass is 32.1. The van der Waals surface area contributed by atoms with Gasteiger partial charge in [0.05, 0.1) is 26.9 Å². The van der Waals surface area contributed by atoms with Gasteiger partial charge in [-0.25, -0.2) is 9.97 Å². The monoisotopic (exact) mass is 759 g/mol. The smallest absolute Gasteiger partial charge is 0.235 e. The Hall–Kier alpha value is -6.92. The van der Waals surface area contributed by atoms with E-state index < -0.39 is 0 Å². The van der Waals surface area contributed by atoms with Crippen LogP contribution in [-0.4, -0.2) is 14.5 Å². The van der Waals surface area contributed by atoms with E-state index in [2.05, 4.69) is 180 Å². The van der Waals surface area contributed by atoms with Crippen LogP contribution in [0.2, 0.25) is 0 Å². The highest BCUT2D eigenvalue weighted by molar-refractivity contribution is 7.26. The van der Waals surface area contributed by atoms with E-state index in [1.807, 2.05) is 11.3 Å². The van der Waals surface area contributed by atoms with Crippen molar-refractivity contribution in [3.63, 3.8) is 0 Å². The Labute approximate surface area is 335 Å². The van der Waals surface area contributed by atoms with Gasteiger partial charge in [0.15, 0.2) is 0 Å². The molecule has 13 rings (SSSR count). The Kier molecular flexibility index (Phi) is 6.48. The Morgan fingerprint density at radius 1 is 0.421 bits per heavy atom. The first-order valence-corrected chi connectivity index (χ1v) is 20.9. The summed E-state index contributed by atoms with van der Waals surface area (Å²) in [6.07, 6.45) is 0. The van der Waals surface area contributed by atoms with Crippen LogP contribution in [0.5, 0.6) is 0 Å². The lowest BCUT2D eigenvalue weighted by Crippen LogP contribution is -2.02. The third-order valence-corrected chi connectivity index (χ3v) is 14.1. The maximum absolute atomic E-state index is 5.48. The van der Waals surface area contributed by atoms with E-state index in [0.717, 1.165) is 37.9 Å². The molecular formula is C52H29N3S2. The average Bonchev–Trinajstić information content (AvgIpc) is 4.02. The molecule has 0 atom stereocenters. The lowest BCUT2D eigenvalue weighted by molar-refractivity contribution is 1.02. The van der Waals surface area contributed by atoms with Crippen molar-refractivity contribution >= 4 is 85.6 Å². The standard InChI is InChI=1S/C52H29N3S2/c1-2-11-30(12-3-1)32-15-8-16-35(27-32)48-51-49(37-18-5-7-22-44(37)57-51)54-52(53-48)55-42-21-6-4-17-36(42)40-28-33(23-25-43(40)55)34-24-26-45-41(29-34)47-38-19-9-13-31-14-10-20-39(46(31)38)50(47)56-45/h1-29H. The van der Waals surface area contributed by atoms with Crippen LogP contribution in [0.15, 0.2) is 176 Å². The molecule has 0 fully saturated rings. The number of hydrogen-bond acceptors (Lipinski definition) is 4. The molecule has 0 spiro atoms. The first kappa shape index (κ1) is 31.3. The largest absolute Gasteiger partial charge is 0.278 e. The fourth-order valence-electron chi connectivity index (χ4n) is 9.19. The molecule has 5 heteroatoms. The first-order chi connectivity index (χ1) is 28.2. The summed E-state index contributed by atoms with van der Waals surface area (Å²) in [6.45, 7) is 0. The number of para-hydroxylation sites is 1. The normalized spacial score (nSPS) is 12.2. The van der Waals surface area contributed by atoms with Gasteiger partial charge in [-0.15, -0.1) is 22.7 Å². The number of benzene rings is 8. The second-order valence-electron chi connectivity index (χ2n) is 14.9. The molecular weight excluding hydrogens is 731 g/mol. The maximum atomic E-state index is 5.48. The van der Waals surface area contributed by atoms with Crippen molar-refractivity contribution in [3.05, 3.63) is 176 Å². The Morgan fingerprint density at radius 3 is 1.98 bits per heavy atom. The Balaban J connectivity index is 1.01. The molecule has 4 aromatic heterocycles.